The van der Waals surface area contributed by atoms with Crippen LogP contribution in [0.2, 0.25) is 0 Å². The number of hydrogen-bond acceptors (Lipinski definition) is 2. The van der Waals surface area contributed by atoms with E-state index < -0.39 is 0 Å². The van der Waals surface area contributed by atoms with Gasteiger partial charge in [0.15, 0.2) is 0 Å². The van der Waals surface area contributed by atoms with Gasteiger partial charge in [0, 0.05) is 11.4 Å². The van der Waals surface area contributed by atoms with Crippen molar-refractivity contribution in [3.8, 4) is 0 Å². The van der Waals surface area contributed by atoms with Gasteiger partial charge in [-0.05, 0) is 31.4 Å². The van der Waals surface area contributed by atoms with Crippen molar-refractivity contribution in [2.45, 2.75) is 32.4 Å². The van der Waals surface area contributed by atoms with Crippen molar-refractivity contribution in [3.05, 3.63) is 30.5 Å². The summed E-state index contributed by atoms with van der Waals surface area (Å²) in [5, 5.41) is 9.33. The summed E-state index contributed by atoms with van der Waals surface area (Å²) >= 11 is 0. The van der Waals surface area contributed by atoms with Crippen molar-refractivity contribution in [2.24, 2.45) is 5.92 Å². The second kappa shape index (κ2) is 4.49. The predicted molar refractivity (Wildman–Crippen MR) is 69.9 cm³/mol. The number of benzene rings is 1. The van der Waals surface area contributed by atoms with Crippen molar-refractivity contribution in [3.63, 3.8) is 0 Å². The van der Waals surface area contributed by atoms with Crippen LogP contribution in [0.5, 0.6) is 0 Å². The SMILES string of the molecule is CCNC(Cn1ncc2ccccc21)C1CC1. The second-order valence-electron chi connectivity index (χ2n) is 4.89. The zero-order valence-corrected chi connectivity index (χ0v) is 10.3. The van der Waals surface area contributed by atoms with Crippen LogP contribution in [0.3, 0.4) is 0 Å². The molecule has 0 amide bonds. The molecule has 1 heterocycles. The van der Waals surface area contributed by atoms with Crippen molar-refractivity contribution in [1.82, 2.24) is 15.1 Å². The molecule has 1 aliphatic carbocycles. The standard InChI is InChI=1S/C14H19N3/c1-2-15-13(11-7-8-11)10-17-14-6-4-3-5-12(14)9-16-17/h3-6,9,11,13,15H,2,7-8,10H2,1H3. The van der Waals surface area contributed by atoms with Crippen molar-refractivity contribution >= 4 is 10.9 Å². The van der Waals surface area contributed by atoms with Gasteiger partial charge in [-0.25, -0.2) is 0 Å². The quantitative estimate of drug-likeness (QED) is 0.853. The van der Waals surface area contributed by atoms with Crippen LogP contribution >= 0.6 is 0 Å². The fraction of sp³-hybridized carbons (Fsp3) is 0.500. The molecule has 1 unspecified atom stereocenters. The monoisotopic (exact) mass is 229 g/mol. The smallest absolute Gasteiger partial charge is 0.0683 e. The minimum Gasteiger partial charge on any atom is -0.312 e. The number of nitrogens with one attached hydrogen (secondary N) is 1. The first kappa shape index (κ1) is 10.8. The summed E-state index contributed by atoms with van der Waals surface area (Å²) in [4.78, 5) is 0. The predicted octanol–water partition coefficient (Wildman–Crippen LogP) is 2.42. The van der Waals surface area contributed by atoms with E-state index in [4.69, 9.17) is 0 Å². The summed E-state index contributed by atoms with van der Waals surface area (Å²) in [6, 6.07) is 9.01. The normalized spacial score (nSPS) is 17.5. The Morgan fingerprint density at radius 1 is 1.41 bits per heavy atom. The number of aromatic nitrogens is 2. The summed E-state index contributed by atoms with van der Waals surface area (Å²) in [6.45, 7) is 4.21. The Balaban J connectivity index is 1.83. The lowest BCUT2D eigenvalue weighted by Gasteiger charge is -2.17. The van der Waals surface area contributed by atoms with Gasteiger partial charge < -0.3 is 5.32 Å². The topological polar surface area (TPSA) is 29.9 Å². The van der Waals surface area contributed by atoms with Crippen LogP contribution in [0.25, 0.3) is 10.9 Å². The van der Waals surface area contributed by atoms with Gasteiger partial charge in [0.05, 0.1) is 18.3 Å². The van der Waals surface area contributed by atoms with E-state index in [2.05, 4.69) is 46.3 Å². The highest BCUT2D eigenvalue weighted by Crippen LogP contribution is 2.33. The highest BCUT2D eigenvalue weighted by molar-refractivity contribution is 5.78. The van der Waals surface area contributed by atoms with Gasteiger partial charge in [-0.3, -0.25) is 4.68 Å². The van der Waals surface area contributed by atoms with Gasteiger partial charge in [-0.1, -0.05) is 25.1 Å². The average molecular weight is 229 g/mol. The summed E-state index contributed by atoms with van der Waals surface area (Å²) in [6.07, 6.45) is 4.71. The maximum atomic E-state index is 4.50. The van der Waals surface area contributed by atoms with E-state index in [0.29, 0.717) is 6.04 Å². The molecule has 2 aromatic rings. The van der Waals surface area contributed by atoms with Gasteiger partial charge in [0.1, 0.15) is 0 Å². The molecule has 3 heteroatoms. The fourth-order valence-electron chi connectivity index (χ4n) is 2.50. The van der Waals surface area contributed by atoms with E-state index in [1.54, 1.807) is 0 Å². The minimum absolute atomic E-state index is 0.586. The van der Waals surface area contributed by atoms with Crippen molar-refractivity contribution in [1.29, 1.82) is 0 Å². The lowest BCUT2D eigenvalue weighted by molar-refractivity contribution is 0.403. The fourth-order valence-corrected chi connectivity index (χ4v) is 2.50. The molecule has 1 fully saturated rings. The van der Waals surface area contributed by atoms with Crippen LogP contribution in [0.15, 0.2) is 30.5 Å². The number of nitrogens with zero attached hydrogens (tertiary/aromatic N) is 2. The van der Waals surface area contributed by atoms with E-state index in [9.17, 15) is 0 Å². The van der Waals surface area contributed by atoms with Gasteiger partial charge in [0.2, 0.25) is 0 Å². The molecular weight excluding hydrogens is 210 g/mol. The van der Waals surface area contributed by atoms with Crippen LogP contribution in [-0.2, 0) is 6.54 Å². The third-order valence-corrected chi connectivity index (χ3v) is 3.58. The van der Waals surface area contributed by atoms with Crippen molar-refractivity contribution in [2.75, 3.05) is 6.54 Å². The Morgan fingerprint density at radius 2 is 2.24 bits per heavy atom. The molecule has 0 bridgehead atoms. The largest absolute Gasteiger partial charge is 0.312 e. The maximum Gasteiger partial charge on any atom is 0.0683 e. The molecular formula is C14H19N3. The highest BCUT2D eigenvalue weighted by Gasteiger charge is 2.31. The van der Waals surface area contributed by atoms with Gasteiger partial charge >= 0.3 is 0 Å². The molecule has 3 nitrogen and oxygen atoms in total. The average Bonchev–Trinajstić information content (AvgIpc) is 3.12. The summed E-state index contributed by atoms with van der Waals surface area (Å²) in [7, 11) is 0. The third-order valence-electron chi connectivity index (χ3n) is 3.58. The minimum atomic E-state index is 0.586. The molecule has 0 radical (unpaired) electrons. The zero-order chi connectivity index (χ0) is 11.7. The van der Waals surface area contributed by atoms with Gasteiger partial charge in [-0.2, -0.15) is 5.10 Å². The molecule has 0 saturated heterocycles. The first-order chi connectivity index (χ1) is 8.38. The molecule has 17 heavy (non-hydrogen) atoms. The number of para-hydroxylation sites is 1. The molecule has 1 saturated carbocycles. The van der Waals surface area contributed by atoms with E-state index in [1.165, 1.54) is 23.7 Å². The van der Waals surface area contributed by atoms with Crippen LogP contribution in [0, 0.1) is 5.92 Å². The molecule has 3 rings (SSSR count). The van der Waals surface area contributed by atoms with Crippen LogP contribution in [0.4, 0.5) is 0 Å². The Morgan fingerprint density at radius 3 is 3.00 bits per heavy atom. The Hall–Kier alpha value is -1.35. The summed E-state index contributed by atoms with van der Waals surface area (Å²) < 4.78 is 2.14. The van der Waals surface area contributed by atoms with Crippen LogP contribution < -0.4 is 5.32 Å². The molecule has 0 spiro atoms. The Labute approximate surface area is 102 Å². The Kier molecular flexibility index (Phi) is 2.85. The molecule has 0 aliphatic heterocycles. The zero-order valence-electron chi connectivity index (χ0n) is 10.3. The van der Waals surface area contributed by atoms with Crippen LogP contribution in [-0.4, -0.2) is 22.4 Å². The lowest BCUT2D eigenvalue weighted by atomic mass is 10.2. The first-order valence-corrected chi connectivity index (χ1v) is 6.52. The van der Waals surface area contributed by atoms with Gasteiger partial charge in [-0.15, -0.1) is 0 Å². The van der Waals surface area contributed by atoms with Crippen LogP contribution in [0.1, 0.15) is 19.8 Å². The second-order valence-corrected chi connectivity index (χ2v) is 4.89. The van der Waals surface area contributed by atoms with E-state index >= 15 is 0 Å². The molecule has 1 N–H and O–H groups in total. The molecule has 90 valence electrons. The van der Waals surface area contributed by atoms with E-state index in [-0.39, 0.29) is 0 Å². The third kappa shape index (κ3) is 2.20. The number of likely N-dealkylation sites (N-methyl/N-ethyl adjacent to an activating group) is 1. The number of hydrogen-bond donors (Lipinski definition) is 1. The molecule has 1 aromatic carbocycles. The number of fused-ring (bicyclic) bond motifs is 1. The summed E-state index contributed by atoms with van der Waals surface area (Å²) in [5.74, 6) is 0.859. The van der Waals surface area contributed by atoms with E-state index in [0.717, 1.165) is 19.0 Å². The highest BCUT2D eigenvalue weighted by atomic mass is 15.3. The van der Waals surface area contributed by atoms with E-state index in [1.807, 2.05) is 6.20 Å². The van der Waals surface area contributed by atoms with Crippen molar-refractivity contribution < 1.29 is 0 Å². The number of rotatable bonds is 5. The molecule has 1 atom stereocenters. The molecule has 1 aromatic heterocycles. The summed E-state index contributed by atoms with van der Waals surface area (Å²) in [5.41, 5.74) is 1.25. The Bertz CT molecular complexity index is 499. The lowest BCUT2D eigenvalue weighted by Crippen LogP contribution is -2.35. The maximum absolute atomic E-state index is 4.50. The first-order valence-electron chi connectivity index (χ1n) is 6.52. The molecule has 1 aliphatic rings. The van der Waals surface area contributed by atoms with Gasteiger partial charge in [0.25, 0.3) is 0 Å².